The van der Waals surface area contributed by atoms with Gasteiger partial charge in [0.05, 0.1) is 13.2 Å². The summed E-state index contributed by atoms with van der Waals surface area (Å²) in [5.74, 6) is 1.55. The Bertz CT molecular complexity index is 377. The Kier molecular flexibility index (Phi) is 17.4. The van der Waals surface area contributed by atoms with Gasteiger partial charge < -0.3 is 25.4 Å². The maximum atomic E-state index is 11.9. The van der Waals surface area contributed by atoms with Gasteiger partial charge in [-0.1, -0.05) is 12.8 Å². The number of carbonyl (C=O) groups is 1. The number of nitrogens with one attached hydrogen (secondary N) is 3. The van der Waals surface area contributed by atoms with Crippen molar-refractivity contribution in [3.63, 3.8) is 0 Å². The molecule has 0 aliphatic heterocycles. The fourth-order valence-electron chi connectivity index (χ4n) is 2.88. The molecule has 154 valence electrons. The number of methoxy groups -OCH3 is 1. The summed E-state index contributed by atoms with van der Waals surface area (Å²) in [6.45, 7) is 6.78. The lowest BCUT2D eigenvalue weighted by Crippen LogP contribution is -2.41. The van der Waals surface area contributed by atoms with E-state index in [-0.39, 0.29) is 29.9 Å². The number of guanidine groups is 1. The number of carbonyl (C=O) groups excluding carboxylic acids is 1. The largest absolute Gasteiger partial charge is 0.382 e. The van der Waals surface area contributed by atoms with Crippen LogP contribution in [0, 0.1) is 5.92 Å². The van der Waals surface area contributed by atoms with Crippen molar-refractivity contribution < 1.29 is 14.3 Å². The minimum atomic E-state index is 0. The molecule has 1 aliphatic carbocycles. The van der Waals surface area contributed by atoms with Gasteiger partial charge in [-0.05, 0) is 32.1 Å². The molecule has 8 heteroatoms. The van der Waals surface area contributed by atoms with Crippen LogP contribution in [-0.2, 0) is 14.3 Å². The number of rotatable bonds is 13. The van der Waals surface area contributed by atoms with Gasteiger partial charge in [-0.25, -0.2) is 0 Å². The first-order valence-electron chi connectivity index (χ1n) is 9.61. The van der Waals surface area contributed by atoms with E-state index in [1.54, 1.807) is 7.11 Å². The lowest BCUT2D eigenvalue weighted by molar-refractivity contribution is -0.121. The molecule has 0 bridgehead atoms. The van der Waals surface area contributed by atoms with Gasteiger partial charge in [-0.3, -0.25) is 9.79 Å². The van der Waals surface area contributed by atoms with E-state index in [0.29, 0.717) is 51.8 Å². The molecule has 26 heavy (non-hydrogen) atoms. The van der Waals surface area contributed by atoms with Gasteiger partial charge in [0.1, 0.15) is 0 Å². The zero-order valence-corrected chi connectivity index (χ0v) is 18.7. The molecule has 0 aromatic rings. The Morgan fingerprint density at radius 1 is 1.08 bits per heavy atom. The number of nitrogens with zero attached hydrogens (tertiary/aromatic N) is 1. The highest BCUT2D eigenvalue weighted by Gasteiger charge is 2.17. The average Bonchev–Trinajstić information content (AvgIpc) is 3.10. The summed E-state index contributed by atoms with van der Waals surface area (Å²) in [5, 5.41) is 9.44. The monoisotopic (exact) mass is 484 g/mol. The van der Waals surface area contributed by atoms with Crippen molar-refractivity contribution >= 4 is 35.8 Å². The van der Waals surface area contributed by atoms with E-state index in [1.807, 2.05) is 6.92 Å². The number of halogens is 1. The Balaban J connectivity index is 0.00000625. The molecule has 0 aromatic carbocycles. The quantitative estimate of drug-likeness (QED) is 0.161. The van der Waals surface area contributed by atoms with Crippen LogP contribution in [0.15, 0.2) is 4.99 Å². The van der Waals surface area contributed by atoms with Crippen LogP contribution in [0.25, 0.3) is 0 Å². The number of hydrogen-bond donors (Lipinski definition) is 3. The second-order valence-electron chi connectivity index (χ2n) is 6.35. The highest BCUT2D eigenvalue weighted by Crippen LogP contribution is 2.27. The van der Waals surface area contributed by atoms with E-state index in [4.69, 9.17) is 9.47 Å². The molecular weight excluding hydrogens is 447 g/mol. The number of ether oxygens (including phenoxy) is 2. The molecule has 7 nitrogen and oxygen atoms in total. The zero-order valence-electron chi connectivity index (χ0n) is 16.3. The van der Waals surface area contributed by atoms with Crippen LogP contribution >= 0.6 is 24.0 Å². The molecule has 0 unspecified atom stereocenters. The molecular formula is C18H37IN4O3. The van der Waals surface area contributed by atoms with E-state index in [2.05, 4.69) is 20.9 Å². The van der Waals surface area contributed by atoms with E-state index >= 15 is 0 Å². The van der Waals surface area contributed by atoms with Crippen LogP contribution in [0.5, 0.6) is 0 Å². The summed E-state index contributed by atoms with van der Waals surface area (Å²) in [6.07, 6.45) is 6.52. The summed E-state index contributed by atoms with van der Waals surface area (Å²) < 4.78 is 10.3. The molecule has 1 aliphatic rings. The first-order valence-corrected chi connectivity index (χ1v) is 9.61. The second kappa shape index (κ2) is 17.8. The lowest BCUT2D eigenvalue weighted by atomic mass is 10.0. The van der Waals surface area contributed by atoms with Gasteiger partial charge in [-0.15, -0.1) is 24.0 Å². The molecule has 0 heterocycles. The van der Waals surface area contributed by atoms with Crippen LogP contribution in [0.4, 0.5) is 0 Å². The van der Waals surface area contributed by atoms with E-state index in [9.17, 15) is 4.79 Å². The van der Waals surface area contributed by atoms with Crippen LogP contribution in [0.2, 0.25) is 0 Å². The van der Waals surface area contributed by atoms with Gasteiger partial charge in [0.2, 0.25) is 5.91 Å². The first-order chi connectivity index (χ1) is 12.3. The van der Waals surface area contributed by atoms with Crippen LogP contribution in [0.1, 0.15) is 45.4 Å². The molecule has 1 rings (SSSR count). The Hall–Kier alpha value is -0.610. The lowest BCUT2D eigenvalue weighted by Gasteiger charge is -2.13. The predicted octanol–water partition coefficient (Wildman–Crippen LogP) is 1.91. The third-order valence-corrected chi connectivity index (χ3v) is 4.18. The van der Waals surface area contributed by atoms with Gasteiger partial charge in [0.25, 0.3) is 0 Å². The van der Waals surface area contributed by atoms with Crippen molar-refractivity contribution in [1.82, 2.24) is 16.0 Å². The van der Waals surface area contributed by atoms with Crippen molar-refractivity contribution in [2.24, 2.45) is 10.9 Å². The molecule has 0 radical (unpaired) electrons. The SMILES string of the molecule is CCNC(=NCCCOCCOC)NCCNC(=O)CC1CCCC1.I. The fourth-order valence-corrected chi connectivity index (χ4v) is 2.88. The zero-order chi connectivity index (χ0) is 18.2. The Labute approximate surface area is 175 Å². The minimum Gasteiger partial charge on any atom is -0.382 e. The fraction of sp³-hybridized carbons (Fsp3) is 0.889. The average molecular weight is 484 g/mol. The normalized spacial score (nSPS) is 14.8. The van der Waals surface area contributed by atoms with Crippen molar-refractivity contribution in [2.45, 2.75) is 45.4 Å². The molecule has 0 atom stereocenters. The smallest absolute Gasteiger partial charge is 0.220 e. The van der Waals surface area contributed by atoms with Gasteiger partial charge in [0.15, 0.2) is 5.96 Å². The summed E-state index contributed by atoms with van der Waals surface area (Å²) >= 11 is 0. The maximum absolute atomic E-state index is 11.9. The maximum Gasteiger partial charge on any atom is 0.220 e. The van der Waals surface area contributed by atoms with Gasteiger partial charge >= 0.3 is 0 Å². The van der Waals surface area contributed by atoms with E-state index < -0.39 is 0 Å². The number of hydrogen-bond acceptors (Lipinski definition) is 4. The molecule has 1 fully saturated rings. The molecule has 0 aromatic heterocycles. The van der Waals surface area contributed by atoms with Gasteiger partial charge in [-0.2, -0.15) is 0 Å². The Morgan fingerprint density at radius 2 is 1.81 bits per heavy atom. The summed E-state index contributed by atoms with van der Waals surface area (Å²) in [6, 6.07) is 0. The van der Waals surface area contributed by atoms with Crippen molar-refractivity contribution in [3.05, 3.63) is 0 Å². The van der Waals surface area contributed by atoms with Crippen molar-refractivity contribution in [1.29, 1.82) is 0 Å². The summed E-state index contributed by atoms with van der Waals surface area (Å²) in [4.78, 5) is 16.4. The molecule has 1 saturated carbocycles. The number of amides is 1. The van der Waals surface area contributed by atoms with Crippen molar-refractivity contribution in [2.75, 3.05) is 53.1 Å². The summed E-state index contributed by atoms with van der Waals surface area (Å²) in [7, 11) is 1.67. The second-order valence-corrected chi connectivity index (χ2v) is 6.35. The summed E-state index contributed by atoms with van der Waals surface area (Å²) in [5.41, 5.74) is 0. The van der Waals surface area contributed by atoms with E-state index in [0.717, 1.165) is 18.9 Å². The molecule has 1 amide bonds. The molecule has 3 N–H and O–H groups in total. The van der Waals surface area contributed by atoms with Crippen molar-refractivity contribution in [3.8, 4) is 0 Å². The van der Waals surface area contributed by atoms with Crippen LogP contribution in [0.3, 0.4) is 0 Å². The van der Waals surface area contributed by atoms with Crippen LogP contribution in [-0.4, -0.2) is 65.0 Å². The standard InChI is InChI=1S/C18H36N4O3.HI/c1-3-19-18(21-9-6-12-25-14-13-24-2)22-11-10-20-17(23)15-16-7-4-5-8-16;/h16H,3-15H2,1-2H3,(H,20,23)(H2,19,21,22);1H. The Morgan fingerprint density at radius 3 is 2.50 bits per heavy atom. The molecule has 0 spiro atoms. The highest BCUT2D eigenvalue weighted by atomic mass is 127. The number of aliphatic imine (C=N–C) groups is 1. The molecule has 0 saturated heterocycles. The topological polar surface area (TPSA) is 84.0 Å². The van der Waals surface area contributed by atoms with E-state index in [1.165, 1.54) is 25.7 Å². The third kappa shape index (κ3) is 13.6. The highest BCUT2D eigenvalue weighted by molar-refractivity contribution is 14.0. The predicted molar refractivity (Wildman–Crippen MR) is 116 cm³/mol. The minimum absolute atomic E-state index is 0. The van der Waals surface area contributed by atoms with Gasteiger partial charge in [0, 0.05) is 46.3 Å². The van der Waals surface area contributed by atoms with Crippen LogP contribution < -0.4 is 16.0 Å². The first kappa shape index (κ1) is 25.4. The third-order valence-electron chi connectivity index (χ3n) is 4.18.